The van der Waals surface area contributed by atoms with E-state index in [1.807, 2.05) is 6.92 Å². The molecule has 0 radical (unpaired) electrons. The summed E-state index contributed by atoms with van der Waals surface area (Å²) in [5, 5.41) is 3.25. The molecule has 10 heteroatoms. The number of hydrogen-bond acceptors (Lipinski definition) is 4. The van der Waals surface area contributed by atoms with Crippen molar-refractivity contribution in [1.29, 1.82) is 0 Å². The summed E-state index contributed by atoms with van der Waals surface area (Å²) in [4.78, 5) is 2.56. The van der Waals surface area contributed by atoms with Gasteiger partial charge in [0.25, 0.3) is 0 Å². The van der Waals surface area contributed by atoms with Crippen molar-refractivity contribution in [1.82, 2.24) is 0 Å². The van der Waals surface area contributed by atoms with E-state index in [2.05, 4.69) is 19.0 Å². The predicted octanol–water partition coefficient (Wildman–Crippen LogP) is 3.15. The average Bonchev–Trinajstić information content (AvgIpc) is 2.69. The van der Waals surface area contributed by atoms with E-state index in [9.17, 15) is 4.39 Å². The van der Waals surface area contributed by atoms with Gasteiger partial charge in [-0.25, -0.2) is 4.39 Å². The molecule has 1 heterocycles. The summed E-state index contributed by atoms with van der Waals surface area (Å²) in [6, 6.07) is 0. The summed E-state index contributed by atoms with van der Waals surface area (Å²) >= 11 is 0. The minimum atomic E-state index is -1.08. The van der Waals surface area contributed by atoms with Crippen LogP contribution < -0.4 is 0 Å². The topological polar surface area (TPSA) is 76.5 Å². The molecule has 7 atom stereocenters. The fourth-order valence-electron chi connectivity index (χ4n) is 1.73. The highest BCUT2D eigenvalue weighted by Crippen LogP contribution is 2.44. The van der Waals surface area contributed by atoms with Gasteiger partial charge in [-0.2, -0.15) is 0 Å². The molecule has 0 aromatic carbocycles. The van der Waals surface area contributed by atoms with Gasteiger partial charge in [-0.1, -0.05) is 13.1 Å². The van der Waals surface area contributed by atoms with Crippen molar-refractivity contribution < 1.29 is 18.4 Å². The molecule has 6 nitrogen and oxygen atoms in total. The molecule has 104 valence electrons. The number of hydrogen-bond donors (Lipinski definition) is 0. The number of alkyl halides is 1. The first-order valence-electron chi connectivity index (χ1n) is 5.44. The normalized spacial score (nSPS) is 30.3. The molecule has 1 fully saturated rings. The molecule has 0 N–H and O–H groups in total. The van der Waals surface area contributed by atoms with Gasteiger partial charge in [0.1, 0.15) is 12.8 Å². The molecule has 0 amide bonds. The van der Waals surface area contributed by atoms with Crippen LogP contribution in [0.3, 0.4) is 0 Å². The van der Waals surface area contributed by atoms with Gasteiger partial charge in [-0.05, 0) is 12.5 Å². The van der Waals surface area contributed by atoms with Crippen LogP contribution in [0.25, 0.3) is 10.4 Å². The molecule has 5 unspecified atom stereocenters. The van der Waals surface area contributed by atoms with Crippen LogP contribution in [0, 0.1) is 0 Å². The fourth-order valence-corrected chi connectivity index (χ4v) is 3.31. The van der Waals surface area contributed by atoms with E-state index >= 15 is 0 Å². The van der Waals surface area contributed by atoms with Gasteiger partial charge in [-0.3, -0.25) is 0 Å². The molecule has 0 aromatic heterocycles. The summed E-state index contributed by atoms with van der Waals surface area (Å²) in [6.45, 7) is 1.51. The Kier molecular flexibility index (Phi) is 8.54. The second-order valence-electron chi connectivity index (χ2n) is 3.77. The van der Waals surface area contributed by atoms with E-state index in [1.165, 1.54) is 0 Å². The van der Waals surface area contributed by atoms with Crippen molar-refractivity contribution in [3.8, 4) is 0 Å². The second-order valence-corrected chi connectivity index (χ2v) is 8.62. The maximum absolute atomic E-state index is 12.6. The van der Waals surface area contributed by atoms with Gasteiger partial charge in [0, 0.05) is 19.8 Å². The van der Waals surface area contributed by atoms with Crippen LogP contribution in [0.15, 0.2) is 5.11 Å². The van der Waals surface area contributed by atoms with Crippen molar-refractivity contribution in [2.45, 2.75) is 37.9 Å². The van der Waals surface area contributed by atoms with Crippen LogP contribution in [0.5, 0.6) is 0 Å². The molecule has 0 aromatic rings. The first-order valence-corrected chi connectivity index (χ1v) is 10.2. The Morgan fingerprint density at radius 1 is 1.72 bits per heavy atom. The Morgan fingerprint density at radius 3 is 3.11 bits per heavy atom. The predicted molar refractivity (Wildman–Crippen MR) is 75.0 cm³/mol. The Labute approximate surface area is 111 Å². The van der Waals surface area contributed by atoms with Crippen molar-refractivity contribution in [3.05, 3.63) is 10.4 Å². The lowest BCUT2D eigenvalue weighted by Crippen LogP contribution is -2.32. The van der Waals surface area contributed by atoms with Gasteiger partial charge >= 0.3 is 0 Å². The number of azide groups is 1. The van der Waals surface area contributed by atoms with Crippen molar-refractivity contribution in [3.63, 3.8) is 0 Å². The highest BCUT2D eigenvalue weighted by molar-refractivity contribution is 8.37. The Balaban J connectivity index is 2.46. The molecule has 0 saturated carbocycles. The third-order valence-electron chi connectivity index (χ3n) is 2.41. The van der Waals surface area contributed by atoms with Gasteiger partial charge < -0.3 is 14.0 Å². The lowest BCUT2D eigenvalue weighted by molar-refractivity contribution is -0.0704. The Bertz CT molecular complexity index is 296. The number of rotatable bonds is 8. The standard InChI is InChI=1S/C8H17FN3O3P3/c1-5-2-6(15-8(3-9)11-12-10)7(14-5)4-13-17-18-16/h5-8,17-18H,2-4,16H2,1H3/t5-,6?,7+,8?/m0/s1. The van der Waals surface area contributed by atoms with Crippen LogP contribution in [-0.4, -0.2) is 37.8 Å². The fraction of sp³-hybridized carbons (Fsp3) is 1.00. The summed E-state index contributed by atoms with van der Waals surface area (Å²) in [5.41, 5.74) is 8.29. The van der Waals surface area contributed by atoms with Crippen LogP contribution in [-0.2, 0) is 14.0 Å². The SMILES string of the molecule is C[C@H]1CC(OC(CF)N=[N+]=[N-])[C@@H](COPPP)O1. The zero-order valence-electron chi connectivity index (χ0n) is 9.95. The van der Waals surface area contributed by atoms with Gasteiger partial charge in [0.05, 0.1) is 18.8 Å². The summed E-state index contributed by atoms with van der Waals surface area (Å²) in [6.07, 6.45) is -0.905. The maximum atomic E-state index is 12.6. The number of ether oxygens (including phenoxy) is 2. The third kappa shape index (κ3) is 5.59. The number of halogens is 1. The molecule has 1 saturated heterocycles. The summed E-state index contributed by atoms with van der Waals surface area (Å²) in [5.74, 6) is 0. The minimum absolute atomic E-state index is 0.0386. The molecule has 0 spiro atoms. The second kappa shape index (κ2) is 9.34. The molecule has 1 aliphatic heterocycles. The zero-order valence-corrected chi connectivity index (χ0v) is 13.1. The van der Waals surface area contributed by atoms with Crippen LogP contribution in [0.1, 0.15) is 13.3 Å². The third-order valence-corrected chi connectivity index (χ3v) is 4.69. The van der Waals surface area contributed by atoms with Crippen LogP contribution in [0.2, 0.25) is 0 Å². The van der Waals surface area contributed by atoms with E-state index in [1.54, 1.807) is 0 Å². The molecular formula is C8H17FN3O3P3. The van der Waals surface area contributed by atoms with E-state index in [4.69, 9.17) is 19.5 Å². The molecule has 1 aliphatic rings. The van der Waals surface area contributed by atoms with Gasteiger partial charge in [0.2, 0.25) is 0 Å². The van der Waals surface area contributed by atoms with E-state index in [0.717, 1.165) is 0 Å². The first kappa shape index (κ1) is 16.5. The lowest BCUT2D eigenvalue weighted by Gasteiger charge is -2.21. The minimum Gasteiger partial charge on any atom is -0.370 e. The van der Waals surface area contributed by atoms with Crippen LogP contribution in [0.4, 0.5) is 4.39 Å². The van der Waals surface area contributed by atoms with E-state index < -0.39 is 12.9 Å². The van der Waals surface area contributed by atoms with Gasteiger partial charge in [0.15, 0.2) is 6.23 Å². The zero-order chi connectivity index (χ0) is 13.4. The quantitative estimate of drug-likeness (QED) is 0.227. The average molecular weight is 315 g/mol. The number of nitrogens with zero attached hydrogens (tertiary/aromatic N) is 3. The highest BCUT2D eigenvalue weighted by atomic mass is 32.4. The monoisotopic (exact) mass is 315 g/mol. The van der Waals surface area contributed by atoms with E-state index in [-0.39, 0.29) is 18.3 Å². The van der Waals surface area contributed by atoms with Crippen molar-refractivity contribution in [2.24, 2.45) is 5.11 Å². The van der Waals surface area contributed by atoms with Gasteiger partial charge in [-0.15, -0.1) is 8.93 Å². The molecular weight excluding hydrogens is 298 g/mol. The largest absolute Gasteiger partial charge is 0.370 e. The Hall–Kier alpha value is 0.410. The Morgan fingerprint density at radius 2 is 2.50 bits per heavy atom. The lowest BCUT2D eigenvalue weighted by atomic mass is 10.1. The summed E-state index contributed by atoms with van der Waals surface area (Å²) in [7, 11) is 3.69. The highest BCUT2D eigenvalue weighted by Gasteiger charge is 2.35. The smallest absolute Gasteiger partial charge is 0.165 e. The van der Waals surface area contributed by atoms with Crippen molar-refractivity contribution in [2.75, 3.05) is 13.3 Å². The molecule has 1 rings (SSSR count). The van der Waals surface area contributed by atoms with Crippen molar-refractivity contribution >= 4 is 25.4 Å². The van der Waals surface area contributed by atoms with E-state index in [0.29, 0.717) is 29.5 Å². The molecule has 0 aliphatic carbocycles. The first-order chi connectivity index (χ1) is 8.71. The molecule has 18 heavy (non-hydrogen) atoms. The maximum Gasteiger partial charge on any atom is 0.165 e. The molecule has 0 bridgehead atoms. The summed E-state index contributed by atoms with van der Waals surface area (Å²) < 4.78 is 29.1. The van der Waals surface area contributed by atoms with Crippen LogP contribution >= 0.6 is 25.4 Å².